The third-order valence-electron chi connectivity index (χ3n) is 4.88. The van der Waals surface area contributed by atoms with Gasteiger partial charge in [0, 0.05) is 11.1 Å². The fraction of sp³-hybridized carbons (Fsp3) is 0.174. The van der Waals surface area contributed by atoms with Crippen molar-refractivity contribution in [3.8, 4) is 22.9 Å². The van der Waals surface area contributed by atoms with Crippen LogP contribution in [-0.4, -0.2) is 17.1 Å². The standard InChI is InChI=1S/C23H22N2O2/c1-15-7-6-10-21(16(15)2)27-14-18-13-17(11-12-22(18)26-3)23-24-19-8-4-5-9-20(19)25-23/h4-13H,14H2,1-3H3,(H,24,25). The minimum atomic E-state index is 0.432. The average Bonchev–Trinajstić information content (AvgIpc) is 3.13. The highest BCUT2D eigenvalue weighted by atomic mass is 16.5. The number of hydrogen-bond donors (Lipinski definition) is 1. The second kappa shape index (κ2) is 7.16. The third-order valence-corrected chi connectivity index (χ3v) is 4.88. The molecule has 1 N–H and O–H groups in total. The summed E-state index contributed by atoms with van der Waals surface area (Å²) in [4.78, 5) is 8.06. The van der Waals surface area contributed by atoms with Crippen LogP contribution in [-0.2, 0) is 6.61 Å². The molecule has 0 unspecified atom stereocenters. The molecule has 0 bridgehead atoms. The molecule has 27 heavy (non-hydrogen) atoms. The van der Waals surface area contributed by atoms with E-state index in [1.54, 1.807) is 7.11 Å². The number of benzene rings is 3. The molecule has 0 spiro atoms. The lowest BCUT2D eigenvalue weighted by molar-refractivity contribution is 0.294. The number of H-pyrrole nitrogens is 1. The molecular weight excluding hydrogens is 336 g/mol. The molecule has 0 saturated heterocycles. The van der Waals surface area contributed by atoms with Crippen LogP contribution < -0.4 is 9.47 Å². The smallest absolute Gasteiger partial charge is 0.138 e. The third kappa shape index (κ3) is 3.38. The Morgan fingerprint density at radius 1 is 0.926 bits per heavy atom. The maximum atomic E-state index is 6.09. The van der Waals surface area contributed by atoms with Crippen LogP contribution in [0.25, 0.3) is 22.4 Å². The summed E-state index contributed by atoms with van der Waals surface area (Å²) >= 11 is 0. The molecule has 136 valence electrons. The Morgan fingerprint density at radius 3 is 2.59 bits per heavy atom. The maximum Gasteiger partial charge on any atom is 0.138 e. The number of aromatic nitrogens is 2. The second-order valence-corrected chi connectivity index (χ2v) is 6.62. The van der Waals surface area contributed by atoms with Gasteiger partial charge >= 0.3 is 0 Å². The van der Waals surface area contributed by atoms with E-state index in [4.69, 9.17) is 9.47 Å². The average molecular weight is 358 g/mol. The number of fused-ring (bicyclic) bond motifs is 1. The SMILES string of the molecule is COc1ccc(-c2nc3ccccc3[nH]2)cc1COc1cccc(C)c1C. The van der Waals surface area contributed by atoms with Gasteiger partial charge in [0.1, 0.15) is 23.9 Å². The molecule has 0 saturated carbocycles. The molecule has 0 amide bonds. The van der Waals surface area contributed by atoms with Gasteiger partial charge in [-0.15, -0.1) is 0 Å². The number of nitrogens with one attached hydrogen (secondary N) is 1. The van der Waals surface area contributed by atoms with E-state index in [1.807, 2.05) is 48.5 Å². The molecule has 4 rings (SSSR count). The summed E-state index contributed by atoms with van der Waals surface area (Å²) in [6.45, 7) is 4.60. The number of methoxy groups -OCH3 is 1. The van der Waals surface area contributed by atoms with Crippen LogP contribution in [0.5, 0.6) is 11.5 Å². The second-order valence-electron chi connectivity index (χ2n) is 6.62. The molecule has 4 aromatic rings. The van der Waals surface area contributed by atoms with E-state index in [0.29, 0.717) is 6.61 Å². The van der Waals surface area contributed by atoms with E-state index >= 15 is 0 Å². The van der Waals surface area contributed by atoms with Crippen molar-refractivity contribution >= 4 is 11.0 Å². The molecule has 0 aliphatic carbocycles. The molecule has 0 radical (unpaired) electrons. The Balaban J connectivity index is 1.65. The lowest BCUT2D eigenvalue weighted by atomic mass is 10.1. The normalized spacial score (nSPS) is 10.9. The van der Waals surface area contributed by atoms with E-state index < -0.39 is 0 Å². The summed E-state index contributed by atoms with van der Waals surface area (Å²) in [5, 5.41) is 0. The lowest BCUT2D eigenvalue weighted by Crippen LogP contribution is -2.01. The van der Waals surface area contributed by atoms with Gasteiger partial charge in [-0.25, -0.2) is 4.98 Å². The van der Waals surface area contributed by atoms with Crippen LogP contribution in [0.3, 0.4) is 0 Å². The Labute approximate surface area is 158 Å². The predicted octanol–water partition coefficient (Wildman–Crippen LogP) is 5.43. The van der Waals surface area contributed by atoms with E-state index in [2.05, 4.69) is 35.9 Å². The first-order valence-electron chi connectivity index (χ1n) is 8.97. The van der Waals surface area contributed by atoms with Crippen molar-refractivity contribution in [2.45, 2.75) is 20.5 Å². The fourth-order valence-corrected chi connectivity index (χ4v) is 3.16. The van der Waals surface area contributed by atoms with Crippen LogP contribution in [0.15, 0.2) is 60.7 Å². The predicted molar refractivity (Wildman–Crippen MR) is 108 cm³/mol. The van der Waals surface area contributed by atoms with Gasteiger partial charge in [-0.2, -0.15) is 0 Å². The van der Waals surface area contributed by atoms with Gasteiger partial charge in [0.05, 0.1) is 18.1 Å². The van der Waals surface area contributed by atoms with Gasteiger partial charge in [-0.1, -0.05) is 24.3 Å². The minimum Gasteiger partial charge on any atom is -0.496 e. The van der Waals surface area contributed by atoms with Crippen molar-refractivity contribution in [1.29, 1.82) is 0 Å². The highest BCUT2D eigenvalue weighted by Crippen LogP contribution is 2.29. The zero-order valence-electron chi connectivity index (χ0n) is 15.7. The number of nitrogens with zero attached hydrogens (tertiary/aromatic N) is 1. The summed E-state index contributed by atoms with van der Waals surface area (Å²) in [5.74, 6) is 2.54. The summed E-state index contributed by atoms with van der Waals surface area (Å²) in [6.07, 6.45) is 0. The topological polar surface area (TPSA) is 47.1 Å². The highest BCUT2D eigenvalue weighted by Gasteiger charge is 2.11. The van der Waals surface area contributed by atoms with Gasteiger partial charge in [-0.3, -0.25) is 0 Å². The fourth-order valence-electron chi connectivity index (χ4n) is 3.16. The number of imidazole rings is 1. The van der Waals surface area contributed by atoms with Gasteiger partial charge in [0.15, 0.2) is 0 Å². The van der Waals surface area contributed by atoms with Crippen molar-refractivity contribution in [3.05, 3.63) is 77.4 Å². The Bertz CT molecular complexity index is 1070. The molecule has 0 aliphatic heterocycles. The largest absolute Gasteiger partial charge is 0.496 e. The number of aryl methyl sites for hydroxylation is 1. The molecular formula is C23H22N2O2. The zero-order chi connectivity index (χ0) is 18.8. The number of aromatic amines is 1. The molecule has 4 nitrogen and oxygen atoms in total. The van der Waals surface area contributed by atoms with Crippen molar-refractivity contribution in [2.75, 3.05) is 7.11 Å². The summed E-state index contributed by atoms with van der Waals surface area (Å²) in [7, 11) is 1.68. The van der Waals surface area contributed by atoms with Crippen LogP contribution in [0.1, 0.15) is 16.7 Å². The summed E-state index contributed by atoms with van der Waals surface area (Å²) in [6, 6.07) is 20.2. The van der Waals surface area contributed by atoms with E-state index in [0.717, 1.165) is 45.0 Å². The molecule has 0 fully saturated rings. The minimum absolute atomic E-state index is 0.432. The van der Waals surface area contributed by atoms with E-state index in [9.17, 15) is 0 Å². The molecule has 3 aromatic carbocycles. The maximum absolute atomic E-state index is 6.09. The molecule has 0 aliphatic rings. The van der Waals surface area contributed by atoms with Gasteiger partial charge < -0.3 is 14.5 Å². The first kappa shape index (κ1) is 17.2. The zero-order valence-corrected chi connectivity index (χ0v) is 15.7. The Hall–Kier alpha value is -3.27. The van der Waals surface area contributed by atoms with Crippen LogP contribution in [0.4, 0.5) is 0 Å². The number of para-hydroxylation sites is 2. The first-order valence-corrected chi connectivity index (χ1v) is 8.97. The number of rotatable bonds is 5. The van der Waals surface area contributed by atoms with Crippen LogP contribution in [0, 0.1) is 13.8 Å². The van der Waals surface area contributed by atoms with Crippen molar-refractivity contribution in [2.24, 2.45) is 0 Å². The van der Waals surface area contributed by atoms with Crippen molar-refractivity contribution < 1.29 is 9.47 Å². The number of hydrogen-bond acceptors (Lipinski definition) is 3. The van der Waals surface area contributed by atoms with Gasteiger partial charge in [0.2, 0.25) is 0 Å². The monoisotopic (exact) mass is 358 g/mol. The number of ether oxygens (including phenoxy) is 2. The lowest BCUT2D eigenvalue weighted by Gasteiger charge is -2.14. The quantitative estimate of drug-likeness (QED) is 0.517. The Kier molecular flexibility index (Phi) is 4.55. The summed E-state index contributed by atoms with van der Waals surface area (Å²) in [5.41, 5.74) is 6.34. The molecule has 0 atom stereocenters. The molecule has 4 heteroatoms. The highest BCUT2D eigenvalue weighted by molar-refractivity contribution is 5.79. The van der Waals surface area contributed by atoms with Gasteiger partial charge in [-0.05, 0) is 61.4 Å². The first-order chi connectivity index (χ1) is 13.2. The van der Waals surface area contributed by atoms with Crippen molar-refractivity contribution in [1.82, 2.24) is 9.97 Å². The Morgan fingerprint density at radius 2 is 1.78 bits per heavy atom. The van der Waals surface area contributed by atoms with Gasteiger partial charge in [0.25, 0.3) is 0 Å². The van der Waals surface area contributed by atoms with Crippen LogP contribution >= 0.6 is 0 Å². The van der Waals surface area contributed by atoms with Crippen LogP contribution in [0.2, 0.25) is 0 Å². The molecule has 1 heterocycles. The molecule has 1 aromatic heterocycles. The van der Waals surface area contributed by atoms with Crippen molar-refractivity contribution in [3.63, 3.8) is 0 Å². The summed E-state index contributed by atoms with van der Waals surface area (Å²) < 4.78 is 11.6. The van der Waals surface area contributed by atoms with E-state index in [-0.39, 0.29) is 0 Å². The van der Waals surface area contributed by atoms with E-state index in [1.165, 1.54) is 5.56 Å².